The van der Waals surface area contributed by atoms with E-state index >= 15 is 0 Å². The molecular formula is C28H32N2O4. The molecule has 2 atom stereocenters. The summed E-state index contributed by atoms with van der Waals surface area (Å²) in [5.74, 6) is 2.13. The third kappa shape index (κ3) is 7.18. The largest absolute Gasteiger partial charge is 0.493 e. The molecule has 0 fully saturated rings. The standard InChI is InChI=1S/C28H32N2O4/c1-19(23-9-7-6-8-10-23)17-33-26-13-25(14-27(15-26)34-20(2)18-32-5)21(3)30-28-12-11-24(16-29-28)22(4)31/h6-16,19-20H,3,17-18H2,1-2,4-5H3,(H,29,30)/t19-,20?/m1/s1. The number of hydrogen-bond acceptors (Lipinski definition) is 6. The lowest BCUT2D eigenvalue weighted by atomic mass is 10.0. The van der Waals surface area contributed by atoms with Gasteiger partial charge in [0.05, 0.1) is 13.2 Å². The van der Waals surface area contributed by atoms with E-state index in [1.165, 1.54) is 12.5 Å². The maximum absolute atomic E-state index is 11.5. The van der Waals surface area contributed by atoms with Gasteiger partial charge in [-0.1, -0.05) is 43.8 Å². The first kappa shape index (κ1) is 25.0. The second-order valence-electron chi connectivity index (χ2n) is 8.29. The quantitative estimate of drug-likeness (QED) is 0.336. The van der Waals surface area contributed by atoms with Gasteiger partial charge in [-0.3, -0.25) is 4.79 Å². The molecule has 0 aliphatic heterocycles. The van der Waals surface area contributed by atoms with E-state index in [0.29, 0.717) is 41.8 Å². The van der Waals surface area contributed by atoms with E-state index in [2.05, 4.69) is 35.9 Å². The van der Waals surface area contributed by atoms with Gasteiger partial charge in [0.1, 0.15) is 23.4 Å². The van der Waals surface area contributed by atoms with E-state index in [1.54, 1.807) is 25.4 Å². The number of carbonyl (C=O) groups excluding carboxylic acids is 1. The van der Waals surface area contributed by atoms with Crippen LogP contribution in [0.1, 0.15) is 48.2 Å². The van der Waals surface area contributed by atoms with Crippen molar-refractivity contribution in [1.29, 1.82) is 0 Å². The molecule has 1 heterocycles. The summed E-state index contributed by atoms with van der Waals surface area (Å²) in [5, 5.41) is 3.20. The number of Topliss-reactive ketones (excluding diaryl/α,β-unsaturated/α-hetero) is 1. The van der Waals surface area contributed by atoms with E-state index < -0.39 is 0 Å². The molecule has 34 heavy (non-hydrogen) atoms. The number of nitrogens with one attached hydrogen (secondary N) is 1. The van der Waals surface area contributed by atoms with E-state index in [4.69, 9.17) is 14.2 Å². The molecule has 0 bridgehead atoms. The Morgan fingerprint density at radius 3 is 2.38 bits per heavy atom. The molecule has 0 amide bonds. The van der Waals surface area contributed by atoms with Crippen LogP contribution in [-0.4, -0.2) is 37.2 Å². The number of rotatable bonds is 12. The molecule has 0 spiro atoms. The van der Waals surface area contributed by atoms with Crippen molar-refractivity contribution < 1.29 is 19.0 Å². The molecule has 1 aromatic heterocycles. The fraction of sp³-hybridized carbons (Fsp3) is 0.286. The van der Waals surface area contributed by atoms with Crippen molar-refractivity contribution in [2.75, 3.05) is 25.6 Å². The Morgan fingerprint density at radius 2 is 1.74 bits per heavy atom. The van der Waals surface area contributed by atoms with Crippen molar-refractivity contribution in [2.24, 2.45) is 0 Å². The van der Waals surface area contributed by atoms with Crippen LogP contribution in [-0.2, 0) is 4.74 Å². The highest BCUT2D eigenvalue weighted by molar-refractivity contribution is 5.94. The summed E-state index contributed by atoms with van der Waals surface area (Å²) in [6, 6.07) is 19.4. The Kier molecular flexibility index (Phi) is 8.82. The molecule has 0 radical (unpaired) electrons. The van der Waals surface area contributed by atoms with Crippen molar-refractivity contribution >= 4 is 17.3 Å². The lowest BCUT2D eigenvalue weighted by Crippen LogP contribution is -2.18. The van der Waals surface area contributed by atoms with Crippen molar-refractivity contribution in [3.63, 3.8) is 0 Å². The fourth-order valence-corrected chi connectivity index (χ4v) is 3.40. The lowest BCUT2D eigenvalue weighted by molar-refractivity contribution is 0.0918. The minimum atomic E-state index is -0.127. The van der Waals surface area contributed by atoms with Crippen LogP contribution in [0.25, 0.3) is 5.70 Å². The van der Waals surface area contributed by atoms with E-state index in [9.17, 15) is 4.79 Å². The van der Waals surface area contributed by atoms with Crippen molar-refractivity contribution in [3.05, 3.63) is 90.1 Å². The summed E-state index contributed by atoms with van der Waals surface area (Å²) >= 11 is 0. The van der Waals surface area contributed by atoms with Crippen molar-refractivity contribution in [3.8, 4) is 11.5 Å². The highest BCUT2D eigenvalue weighted by Gasteiger charge is 2.12. The number of pyridine rings is 1. The number of ketones is 1. The Hall–Kier alpha value is -3.64. The van der Waals surface area contributed by atoms with Gasteiger partial charge in [0.15, 0.2) is 5.78 Å². The Morgan fingerprint density at radius 1 is 1.00 bits per heavy atom. The molecule has 2 aromatic carbocycles. The normalized spacial score (nSPS) is 12.5. The van der Waals surface area contributed by atoms with Gasteiger partial charge in [-0.05, 0) is 43.7 Å². The van der Waals surface area contributed by atoms with Crippen LogP contribution in [0, 0.1) is 0 Å². The van der Waals surface area contributed by atoms with Crippen LogP contribution in [0.5, 0.6) is 11.5 Å². The van der Waals surface area contributed by atoms with Gasteiger partial charge in [0, 0.05) is 42.1 Å². The number of nitrogens with zero attached hydrogens (tertiary/aromatic N) is 1. The predicted octanol–water partition coefficient (Wildman–Crippen LogP) is 5.96. The van der Waals surface area contributed by atoms with Gasteiger partial charge in [-0.2, -0.15) is 0 Å². The molecule has 3 aromatic rings. The third-order valence-corrected chi connectivity index (χ3v) is 5.28. The first-order valence-electron chi connectivity index (χ1n) is 11.3. The first-order valence-corrected chi connectivity index (χ1v) is 11.3. The van der Waals surface area contributed by atoms with Crippen LogP contribution < -0.4 is 14.8 Å². The number of ether oxygens (including phenoxy) is 3. The fourth-order valence-electron chi connectivity index (χ4n) is 3.40. The summed E-state index contributed by atoms with van der Waals surface area (Å²) in [6.07, 6.45) is 1.42. The molecule has 3 rings (SSSR count). The lowest BCUT2D eigenvalue weighted by Gasteiger charge is -2.19. The Balaban J connectivity index is 1.78. The molecule has 178 valence electrons. The molecule has 0 saturated heterocycles. The number of carbonyl (C=O) groups is 1. The second-order valence-corrected chi connectivity index (χ2v) is 8.29. The average molecular weight is 461 g/mol. The first-order chi connectivity index (χ1) is 16.4. The maximum Gasteiger partial charge on any atom is 0.161 e. The average Bonchev–Trinajstić information content (AvgIpc) is 2.83. The van der Waals surface area contributed by atoms with Crippen LogP contribution in [0.4, 0.5) is 5.82 Å². The maximum atomic E-state index is 11.5. The zero-order chi connectivity index (χ0) is 24.5. The molecule has 6 nitrogen and oxygen atoms in total. The van der Waals surface area contributed by atoms with Gasteiger partial charge in [-0.15, -0.1) is 0 Å². The summed E-state index contributed by atoms with van der Waals surface area (Å²) in [5.41, 5.74) is 3.22. The van der Waals surface area contributed by atoms with Crippen LogP contribution in [0.2, 0.25) is 0 Å². The molecule has 0 aliphatic rings. The molecular weight excluding hydrogens is 428 g/mol. The molecule has 1 unspecified atom stereocenters. The Bertz CT molecular complexity index is 1100. The zero-order valence-electron chi connectivity index (χ0n) is 20.2. The highest BCUT2D eigenvalue weighted by atomic mass is 16.5. The van der Waals surface area contributed by atoms with Crippen molar-refractivity contribution in [2.45, 2.75) is 32.8 Å². The van der Waals surface area contributed by atoms with Crippen LogP contribution in [0.15, 0.2) is 73.4 Å². The van der Waals surface area contributed by atoms with Gasteiger partial charge >= 0.3 is 0 Å². The summed E-state index contributed by atoms with van der Waals surface area (Å²) in [6.45, 7) is 10.7. The number of benzene rings is 2. The smallest absolute Gasteiger partial charge is 0.161 e. The summed E-state index contributed by atoms with van der Waals surface area (Å²) in [7, 11) is 1.64. The molecule has 0 saturated carbocycles. The SMILES string of the molecule is C=C(Nc1ccc(C(C)=O)cn1)c1cc(OC[C@@H](C)c2ccccc2)cc(OC(C)COC)c1. The Labute approximate surface area is 201 Å². The van der Waals surface area contributed by atoms with Crippen molar-refractivity contribution in [1.82, 2.24) is 4.98 Å². The van der Waals surface area contributed by atoms with Gasteiger partial charge < -0.3 is 19.5 Å². The zero-order valence-corrected chi connectivity index (χ0v) is 20.2. The van der Waals surface area contributed by atoms with Crippen LogP contribution in [0.3, 0.4) is 0 Å². The van der Waals surface area contributed by atoms with Crippen LogP contribution >= 0.6 is 0 Å². The predicted molar refractivity (Wildman–Crippen MR) is 136 cm³/mol. The topological polar surface area (TPSA) is 69.7 Å². The number of methoxy groups -OCH3 is 1. The summed E-state index contributed by atoms with van der Waals surface area (Å²) in [4.78, 5) is 15.8. The molecule has 6 heteroatoms. The summed E-state index contributed by atoms with van der Waals surface area (Å²) < 4.78 is 17.4. The number of anilines is 1. The number of aromatic nitrogens is 1. The van der Waals surface area contributed by atoms with Gasteiger partial charge in [0.2, 0.25) is 0 Å². The third-order valence-electron chi connectivity index (χ3n) is 5.28. The molecule has 1 N–H and O–H groups in total. The van der Waals surface area contributed by atoms with Gasteiger partial charge in [0.25, 0.3) is 0 Å². The second kappa shape index (κ2) is 12.0. The minimum absolute atomic E-state index is 0.0283. The van der Waals surface area contributed by atoms with E-state index in [-0.39, 0.29) is 17.8 Å². The highest BCUT2D eigenvalue weighted by Crippen LogP contribution is 2.29. The molecule has 0 aliphatic carbocycles. The van der Waals surface area contributed by atoms with E-state index in [1.807, 2.05) is 43.3 Å². The minimum Gasteiger partial charge on any atom is -0.493 e. The number of hydrogen-bond donors (Lipinski definition) is 1. The monoisotopic (exact) mass is 460 g/mol. The van der Waals surface area contributed by atoms with Gasteiger partial charge in [-0.25, -0.2) is 4.98 Å². The van der Waals surface area contributed by atoms with E-state index in [0.717, 1.165) is 5.56 Å².